The zero-order valence-electron chi connectivity index (χ0n) is 9.43. The van der Waals surface area contributed by atoms with Crippen LogP contribution in [0.15, 0.2) is 60.7 Å². The first-order valence-corrected chi connectivity index (χ1v) is 5.44. The summed E-state index contributed by atoms with van der Waals surface area (Å²) in [6, 6.07) is 17.7. The Morgan fingerprint density at radius 3 is 2.35 bits per heavy atom. The van der Waals surface area contributed by atoms with Crippen molar-refractivity contribution in [3.63, 3.8) is 0 Å². The third-order valence-corrected chi connectivity index (χ3v) is 2.33. The molecule has 1 heteroatoms. The van der Waals surface area contributed by atoms with E-state index in [1.54, 1.807) is 0 Å². The van der Waals surface area contributed by atoms with Crippen LogP contribution in [0.4, 0.5) is 5.69 Å². The molecule has 2 aromatic rings. The van der Waals surface area contributed by atoms with E-state index in [0.717, 1.165) is 11.1 Å². The summed E-state index contributed by atoms with van der Waals surface area (Å²) in [5, 5.41) is 0. The number of hydrogen-bond acceptors (Lipinski definition) is 1. The van der Waals surface area contributed by atoms with Crippen LogP contribution in [0, 0.1) is 11.8 Å². The normalized spacial score (nSPS) is 9.88. The largest absolute Gasteiger partial charge is 0.398 e. The van der Waals surface area contributed by atoms with Crippen LogP contribution in [0.5, 0.6) is 0 Å². The number of benzene rings is 2. The molecule has 0 fully saturated rings. The number of anilines is 1. The van der Waals surface area contributed by atoms with Gasteiger partial charge in [0, 0.05) is 11.3 Å². The lowest BCUT2D eigenvalue weighted by atomic mass is 10.2. The van der Waals surface area contributed by atoms with Gasteiger partial charge in [0.1, 0.15) is 0 Å². The fraction of sp³-hybridized carbons (Fsp3) is 0. The smallest absolute Gasteiger partial charge is 0.0478 e. The molecule has 0 aliphatic carbocycles. The first-order chi connectivity index (χ1) is 8.36. The molecule has 0 amide bonds. The van der Waals surface area contributed by atoms with Gasteiger partial charge < -0.3 is 5.73 Å². The first kappa shape index (κ1) is 11.0. The lowest BCUT2D eigenvalue weighted by Crippen LogP contribution is -1.87. The van der Waals surface area contributed by atoms with E-state index in [1.165, 1.54) is 0 Å². The molecule has 0 aromatic heterocycles. The molecule has 0 unspecified atom stereocenters. The van der Waals surface area contributed by atoms with Gasteiger partial charge in [-0.3, -0.25) is 0 Å². The molecule has 0 aliphatic heterocycles. The van der Waals surface area contributed by atoms with Gasteiger partial charge in [-0.25, -0.2) is 0 Å². The van der Waals surface area contributed by atoms with E-state index in [4.69, 9.17) is 5.73 Å². The Hall–Kier alpha value is -2.46. The number of rotatable bonds is 1. The fourth-order valence-electron chi connectivity index (χ4n) is 1.43. The number of nitrogens with two attached hydrogens (primary N) is 1. The lowest BCUT2D eigenvalue weighted by Gasteiger charge is -1.94. The number of hydrogen-bond donors (Lipinski definition) is 1. The minimum absolute atomic E-state index is 0.716. The van der Waals surface area contributed by atoms with Crippen LogP contribution in [-0.2, 0) is 0 Å². The van der Waals surface area contributed by atoms with Crippen LogP contribution in [-0.4, -0.2) is 0 Å². The molecule has 0 saturated carbocycles. The lowest BCUT2D eigenvalue weighted by molar-refractivity contribution is 1.63. The van der Waals surface area contributed by atoms with E-state index in [2.05, 4.69) is 11.8 Å². The second kappa shape index (κ2) is 5.58. The first-order valence-electron chi connectivity index (χ1n) is 5.44. The van der Waals surface area contributed by atoms with Gasteiger partial charge >= 0.3 is 0 Å². The molecule has 2 aromatic carbocycles. The summed E-state index contributed by atoms with van der Waals surface area (Å²) in [7, 11) is 0. The fourth-order valence-corrected chi connectivity index (χ4v) is 1.43. The van der Waals surface area contributed by atoms with Gasteiger partial charge in [0.15, 0.2) is 0 Å². The zero-order chi connectivity index (χ0) is 11.9. The van der Waals surface area contributed by atoms with Crippen LogP contribution in [0.25, 0.3) is 6.08 Å². The van der Waals surface area contributed by atoms with Crippen LogP contribution >= 0.6 is 0 Å². The summed E-state index contributed by atoms with van der Waals surface area (Å²) >= 11 is 0. The van der Waals surface area contributed by atoms with Gasteiger partial charge in [-0.05, 0) is 29.8 Å². The maximum Gasteiger partial charge on any atom is 0.0478 e. The molecule has 2 rings (SSSR count). The standard InChI is InChI=1S/C16H13N/c17-16-13-7-6-12-15(16)11-5-4-10-14-8-2-1-3-9-14/h1-4,6-10,12-13H,17H2. The Labute approximate surface area is 102 Å². The Bertz CT molecular complexity index is 571. The van der Waals surface area contributed by atoms with Crippen molar-refractivity contribution >= 4 is 11.8 Å². The van der Waals surface area contributed by atoms with Gasteiger partial charge in [-0.2, -0.15) is 0 Å². The predicted octanol–water partition coefficient (Wildman–Crippen LogP) is 3.33. The summed E-state index contributed by atoms with van der Waals surface area (Å²) < 4.78 is 0. The average molecular weight is 219 g/mol. The molecule has 17 heavy (non-hydrogen) atoms. The molecule has 2 N–H and O–H groups in total. The summed E-state index contributed by atoms with van der Waals surface area (Å²) in [5.74, 6) is 6.00. The van der Waals surface area contributed by atoms with E-state index in [1.807, 2.05) is 66.7 Å². The zero-order valence-corrected chi connectivity index (χ0v) is 9.43. The molecule has 82 valence electrons. The second-order valence-corrected chi connectivity index (χ2v) is 3.60. The van der Waals surface area contributed by atoms with Gasteiger partial charge in [0.25, 0.3) is 0 Å². The Morgan fingerprint density at radius 2 is 1.59 bits per heavy atom. The van der Waals surface area contributed by atoms with Crippen molar-refractivity contribution in [2.75, 3.05) is 5.73 Å². The van der Waals surface area contributed by atoms with E-state index >= 15 is 0 Å². The summed E-state index contributed by atoms with van der Waals surface area (Å²) in [6.07, 6.45) is 3.81. The van der Waals surface area contributed by atoms with Crippen molar-refractivity contribution < 1.29 is 0 Å². The molecule has 0 aliphatic rings. The molecule has 0 spiro atoms. The monoisotopic (exact) mass is 219 g/mol. The number of allylic oxidation sites excluding steroid dienone is 1. The van der Waals surface area contributed by atoms with E-state index in [9.17, 15) is 0 Å². The van der Waals surface area contributed by atoms with Crippen molar-refractivity contribution in [3.8, 4) is 11.8 Å². The van der Waals surface area contributed by atoms with Gasteiger partial charge in [0.2, 0.25) is 0 Å². The minimum Gasteiger partial charge on any atom is -0.398 e. The van der Waals surface area contributed by atoms with Crippen molar-refractivity contribution in [3.05, 3.63) is 71.8 Å². The third-order valence-electron chi connectivity index (χ3n) is 2.33. The topological polar surface area (TPSA) is 26.0 Å². The highest BCUT2D eigenvalue weighted by atomic mass is 14.5. The van der Waals surface area contributed by atoms with Gasteiger partial charge in [0.05, 0.1) is 0 Å². The summed E-state index contributed by atoms with van der Waals surface area (Å²) in [4.78, 5) is 0. The summed E-state index contributed by atoms with van der Waals surface area (Å²) in [5.41, 5.74) is 8.51. The van der Waals surface area contributed by atoms with Crippen LogP contribution in [0.3, 0.4) is 0 Å². The Balaban J connectivity index is 2.09. The molecule has 0 saturated heterocycles. The van der Waals surface area contributed by atoms with Crippen LogP contribution in [0.2, 0.25) is 0 Å². The van der Waals surface area contributed by atoms with E-state index in [0.29, 0.717) is 5.69 Å². The van der Waals surface area contributed by atoms with E-state index < -0.39 is 0 Å². The molecule has 0 atom stereocenters. The highest BCUT2D eigenvalue weighted by Crippen LogP contribution is 2.08. The van der Waals surface area contributed by atoms with Crippen molar-refractivity contribution in [2.45, 2.75) is 0 Å². The van der Waals surface area contributed by atoms with Gasteiger partial charge in [-0.15, -0.1) is 0 Å². The van der Waals surface area contributed by atoms with Crippen molar-refractivity contribution in [1.29, 1.82) is 0 Å². The third kappa shape index (κ3) is 3.25. The van der Waals surface area contributed by atoms with Crippen molar-refractivity contribution in [1.82, 2.24) is 0 Å². The Kier molecular flexibility index (Phi) is 3.62. The van der Waals surface area contributed by atoms with E-state index in [-0.39, 0.29) is 0 Å². The molecular formula is C16H13N. The quantitative estimate of drug-likeness (QED) is 0.577. The summed E-state index contributed by atoms with van der Waals surface area (Å²) in [6.45, 7) is 0. The minimum atomic E-state index is 0.716. The van der Waals surface area contributed by atoms with Crippen molar-refractivity contribution in [2.24, 2.45) is 0 Å². The molecule has 0 radical (unpaired) electrons. The molecule has 0 heterocycles. The average Bonchev–Trinajstić information content (AvgIpc) is 2.38. The SMILES string of the molecule is Nc1ccccc1C#CC=Cc1ccccc1. The maximum absolute atomic E-state index is 5.79. The number of para-hydroxylation sites is 1. The highest BCUT2D eigenvalue weighted by molar-refractivity contribution is 5.58. The highest BCUT2D eigenvalue weighted by Gasteiger charge is 1.89. The number of nitrogen functional groups attached to an aromatic ring is 1. The van der Waals surface area contributed by atoms with Gasteiger partial charge in [-0.1, -0.05) is 54.3 Å². The Morgan fingerprint density at radius 1 is 0.882 bits per heavy atom. The predicted molar refractivity (Wildman–Crippen MR) is 73.2 cm³/mol. The van der Waals surface area contributed by atoms with Crippen LogP contribution in [0.1, 0.15) is 11.1 Å². The van der Waals surface area contributed by atoms with Crippen LogP contribution < -0.4 is 5.73 Å². The molecular weight excluding hydrogens is 206 g/mol. The maximum atomic E-state index is 5.79. The molecule has 0 bridgehead atoms. The second-order valence-electron chi connectivity index (χ2n) is 3.60. The molecule has 1 nitrogen and oxygen atoms in total.